The van der Waals surface area contributed by atoms with E-state index in [2.05, 4.69) is 5.32 Å². The van der Waals surface area contributed by atoms with Gasteiger partial charge in [0.05, 0.1) is 13.2 Å². The van der Waals surface area contributed by atoms with E-state index < -0.39 is 5.54 Å². The minimum atomic E-state index is -0.778. The summed E-state index contributed by atoms with van der Waals surface area (Å²) in [4.78, 5) is 26.3. The molecular formula is C16H17ClN2O4. The van der Waals surface area contributed by atoms with E-state index >= 15 is 0 Å². The minimum absolute atomic E-state index is 0.149. The lowest BCUT2D eigenvalue weighted by atomic mass is 9.96. The van der Waals surface area contributed by atoms with Crippen molar-refractivity contribution in [3.63, 3.8) is 0 Å². The van der Waals surface area contributed by atoms with Crippen LogP contribution < -0.4 is 10.1 Å². The predicted octanol–water partition coefficient (Wildman–Crippen LogP) is 2.43. The molecular weight excluding hydrogens is 320 g/mol. The van der Waals surface area contributed by atoms with Gasteiger partial charge in [-0.15, -0.1) is 0 Å². The molecule has 3 aliphatic rings. The van der Waals surface area contributed by atoms with E-state index in [1.165, 1.54) is 4.90 Å². The zero-order valence-electron chi connectivity index (χ0n) is 12.7. The number of fused-ring (bicyclic) bond motifs is 1. The summed E-state index contributed by atoms with van der Waals surface area (Å²) in [6.07, 6.45) is 1.95. The van der Waals surface area contributed by atoms with Crippen LogP contribution in [0.4, 0.5) is 4.79 Å². The van der Waals surface area contributed by atoms with Gasteiger partial charge in [0.2, 0.25) is 0 Å². The smallest absolute Gasteiger partial charge is 0.325 e. The van der Waals surface area contributed by atoms with Crippen LogP contribution in [0, 0.1) is 5.92 Å². The van der Waals surface area contributed by atoms with Gasteiger partial charge in [-0.1, -0.05) is 11.6 Å². The highest BCUT2D eigenvalue weighted by atomic mass is 35.5. The number of ether oxygens (including phenoxy) is 2. The summed E-state index contributed by atoms with van der Waals surface area (Å²) in [5, 5.41) is 3.38. The molecule has 1 aliphatic carbocycles. The molecule has 1 saturated heterocycles. The lowest BCUT2D eigenvalue weighted by molar-refractivity contribution is -0.131. The number of carbonyl (C=O) groups is 2. The fourth-order valence-electron chi connectivity index (χ4n) is 3.34. The predicted molar refractivity (Wildman–Crippen MR) is 81.9 cm³/mol. The number of benzene rings is 1. The molecule has 3 amide bonds. The lowest BCUT2D eigenvalue weighted by Gasteiger charge is -2.24. The number of imide groups is 1. The summed E-state index contributed by atoms with van der Waals surface area (Å²) in [7, 11) is 0. The topological polar surface area (TPSA) is 67.9 Å². The molecule has 23 heavy (non-hydrogen) atoms. The van der Waals surface area contributed by atoms with Crippen molar-refractivity contribution in [2.75, 3.05) is 6.79 Å². The second-order valence-electron chi connectivity index (χ2n) is 6.46. The minimum Gasteiger partial charge on any atom is -0.467 e. The molecule has 1 aromatic rings. The Hall–Kier alpha value is -1.79. The molecule has 0 spiro atoms. The van der Waals surface area contributed by atoms with Crippen LogP contribution in [-0.4, -0.2) is 29.2 Å². The number of rotatable bonds is 3. The van der Waals surface area contributed by atoms with Crippen LogP contribution in [0.1, 0.15) is 30.9 Å². The van der Waals surface area contributed by atoms with E-state index in [4.69, 9.17) is 21.1 Å². The Labute approximate surface area is 138 Å². The normalized spacial score (nSPS) is 26.8. The molecule has 4 rings (SSSR count). The number of halogens is 1. The highest BCUT2D eigenvalue weighted by Crippen LogP contribution is 2.43. The number of carbonyl (C=O) groups excluding carboxylic acids is 2. The third-order valence-corrected chi connectivity index (χ3v) is 4.99. The second kappa shape index (κ2) is 5.11. The Morgan fingerprint density at radius 1 is 1.39 bits per heavy atom. The highest BCUT2D eigenvalue weighted by molar-refractivity contribution is 6.30. The molecule has 1 saturated carbocycles. The van der Waals surface area contributed by atoms with Crippen molar-refractivity contribution in [1.29, 1.82) is 0 Å². The first kappa shape index (κ1) is 14.8. The van der Waals surface area contributed by atoms with Gasteiger partial charge in [-0.05, 0) is 37.8 Å². The molecule has 122 valence electrons. The van der Waals surface area contributed by atoms with E-state index in [1.807, 2.05) is 6.92 Å². The van der Waals surface area contributed by atoms with E-state index in [0.717, 1.165) is 24.0 Å². The molecule has 1 N–H and O–H groups in total. The Bertz CT molecular complexity index is 704. The van der Waals surface area contributed by atoms with Crippen molar-refractivity contribution in [1.82, 2.24) is 10.2 Å². The zero-order chi connectivity index (χ0) is 16.2. The number of hydrogen-bond acceptors (Lipinski definition) is 4. The van der Waals surface area contributed by atoms with Crippen LogP contribution in [0.3, 0.4) is 0 Å². The summed E-state index contributed by atoms with van der Waals surface area (Å²) in [5.41, 5.74) is 0.773. The number of amides is 3. The third-order valence-electron chi connectivity index (χ3n) is 4.78. The fourth-order valence-corrected chi connectivity index (χ4v) is 3.60. The molecule has 0 aromatic heterocycles. The molecule has 1 atom stereocenters. The molecule has 2 heterocycles. The Kier molecular flexibility index (Phi) is 3.28. The molecule has 2 fully saturated rings. The average Bonchev–Trinajstić information content (AvgIpc) is 3.33. The molecule has 0 radical (unpaired) electrons. The van der Waals surface area contributed by atoms with Crippen LogP contribution in [0.25, 0.3) is 0 Å². The van der Waals surface area contributed by atoms with Crippen molar-refractivity contribution in [3.05, 3.63) is 28.3 Å². The van der Waals surface area contributed by atoms with Crippen molar-refractivity contribution in [2.45, 2.75) is 38.5 Å². The highest BCUT2D eigenvalue weighted by Gasteiger charge is 2.56. The van der Waals surface area contributed by atoms with E-state index in [0.29, 0.717) is 17.4 Å². The maximum absolute atomic E-state index is 12.7. The van der Waals surface area contributed by atoms with Gasteiger partial charge >= 0.3 is 6.03 Å². The largest absolute Gasteiger partial charge is 0.467 e. The van der Waals surface area contributed by atoms with Crippen LogP contribution in [0.15, 0.2) is 12.1 Å². The van der Waals surface area contributed by atoms with Crippen molar-refractivity contribution in [2.24, 2.45) is 5.92 Å². The Balaban J connectivity index is 1.64. The van der Waals surface area contributed by atoms with Crippen molar-refractivity contribution in [3.8, 4) is 5.75 Å². The molecule has 0 unspecified atom stereocenters. The van der Waals surface area contributed by atoms with Gasteiger partial charge in [-0.25, -0.2) is 4.79 Å². The van der Waals surface area contributed by atoms with Crippen LogP contribution in [-0.2, 0) is 22.7 Å². The van der Waals surface area contributed by atoms with Gasteiger partial charge < -0.3 is 14.8 Å². The standard InChI is InChI=1S/C16H17ClN2O4/c1-16(11-2-3-11)14(20)19(15(21)18-16)6-9-4-12(17)5-10-7-22-8-23-13(9)10/h4-5,11H,2-3,6-8H2,1H3,(H,18,21)/t16-/m1/s1. The van der Waals surface area contributed by atoms with Crippen LogP contribution in [0.2, 0.25) is 5.02 Å². The summed E-state index contributed by atoms with van der Waals surface area (Å²) in [6.45, 7) is 2.52. The second-order valence-corrected chi connectivity index (χ2v) is 6.90. The van der Waals surface area contributed by atoms with E-state index in [-0.39, 0.29) is 31.2 Å². The van der Waals surface area contributed by atoms with Crippen LogP contribution >= 0.6 is 11.6 Å². The van der Waals surface area contributed by atoms with E-state index in [1.54, 1.807) is 12.1 Å². The maximum atomic E-state index is 12.7. The molecule has 1 aromatic carbocycles. The average molecular weight is 337 g/mol. The zero-order valence-corrected chi connectivity index (χ0v) is 13.5. The van der Waals surface area contributed by atoms with Crippen molar-refractivity contribution < 1.29 is 19.1 Å². The first-order valence-corrected chi connectivity index (χ1v) is 8.03. The lowest BCUT2D eigenvalue weighted by Crippen LogP contribution is -2.46. The van der Waals surface area contributed by atoms with Gasteiger partial charge in [-0.2, -0.15) is 0 Å². The molecule has 6 nitrogen and oxygen atoms in total. The number of hydrogen-bond donors (Lipinski definition) is 1. The quantitative estimate of drug-likeness (QED) is 0.861. The summed E-state index contributed by atoms with van der Waals surface area (Å²) < 4.78 is 10.8. The maximum Gasteiger partial charge on any atom is 0.325 e. The van der Waals surface area contributed by atoms with Gasteiger partial charge in [0.15, 0.2) is 6.79 Å². The molecule has 2 aliphatic heterocycles. The van der Waals surface area contributed by atoms with E-state index in [9.17, 15) is 9.59 Å². The number of nitrogens with one attached hydrogen (secondary N) is 1. The number of urea groups is 1. The summed E-state index contributed by atoms with van der Waals surface area (Å²) >= 11 is 6.14. The summed E-state index contributed by atoms with van der Waals surface area (Å²) in [6, 6.07) is 3.16. The van der Waals surface area contributed by atoms with Gasteiger partial charge in [0, 0.05) is 16.1 Å². The SMILES string of the molecule is C[C@]1(C2CC2)NC(=O)N(Cc2cc(Cl)cc3c2OCOC3)C1=O. The first-order chi connectivity index (χ1) is 11.0. The van der Waals surface area contributed by atoms with Crippen molar-refractivity contribution >= 4 is 23.5 Å². The fraction of sp³-hybridized carbons (Fsp3) is 0.500. The third kappa shape index (κ3) is 2.37. The van der Waals surface area contributed by atoms with Gasteiger partial charge in [-0.3, -0.25) is 9.69 Å². The number of nitrogens with zero attached hydrogens (tertiary/aromatic N) is 1. The molecule has 7 heteroatoms. The first-order valence-electron chi connectivity index (χ1n) is 7.65. The monoisotopic (exact) mass is 336 g/mol. The van der Waals surface area contributed by atoms with Gasteiger partial charge in [0.25, 0.3) is 5.91 Å². The Morgan fingerprint density at radius 3 is 2.91 bits per heavy atom. The summed E-state index contributed by atoms with van der Waals surface area (Å²) in [5.74, 6) is 0.717. The Morgan fingerprint density at radius 2 is 2.17 bits per heavy atom. The van der Waals surface area contributed by atoms with Crippen LogP contribution in [0.5, 0.6) is 5.75 Å². The molecule has 0 bridgehead atoms. The van der Waals surface area contributed by atoms with Gasteiger partial charge in [0.1, 0.15) is 11.3 Å².